The molecule has 0 atom stereocenters. The molecular weight excluding hydrogens is 246 g/mol. The van der Waals surface area contributed by atoms with E-state index >= 15 is 0 Å². The van der Waals surface area contributed by atoms with Crippen molar-refractivity contribution < 1.29 is 4.74 Å². The first-order valence-corrected chi connectivity index (χ1v) is 6.79. The largest absolute Gasteiger partial charge is 0.481 e. The summed E-state index contributed by atoms with van der Waals surface area (Å²) in [5.41, 5.74) is 2.28. The van der Waals surface area contributed by atoms with E-state index in [1.807, 2.05) is 13.0 Å². The minimum absolute atomic E-state index is 0.590. The normalized spacial score (nSPS) is 10.4. The fourth-order valence-electron chi connectivity index (χ4n) is 1.72. The lowest BCUT2D eigenvalue weighted by atomic mass is 10.2. The average molecular weight is 263 g/mol. The SMILES string of the molecule is CCc1ccsc1CNc1nc(C)cc(OC)n1. The number of methoxy groups -OCH3 is 1. The van der Waals surface area contributed by atoms with Crippen LogP contribution >= 0.6 is 11.3 Å². The Morgan fingerprint density at radius 2 is 2.22 bits per heavy atom. The molecule has 0 aliphatic rings. The van der Waals surface area contributed by atoms with Crippen molar-refractivity contribution in [3.05, 3.63) is 33.6 Å². The molecule has 96 valence electrons. The van der Waals surface area contributed by atoms with Gasteiger partial charge >= 0.3 is 0 Å². The highest BCUT2D eigenvalue weighted by atomic mass is 32.1. The monoisotopic (exact) mass is 263 g/mol. The molecule has 2 aromatic rings. The van der Waals surface area contributed by atoms with Crippen molar-refractivity contribution in [2.24, 2.45) is 0 Å². The van der Waals surface area contributed by atoms with Crippen LogP contribution in [0.1, 0.15) is 23.1 Å². The second kappa shape index (κ2) is 5.82. The molecule has 0 radical (unpaired) electrons. The third kappa shape index (κ3) is 2.98. The Kier molecular flexibility index (Phi) is 4.15. The van der Waals surface area contributed by atoms with Crippen LogP contribution in [0.5, 0.6) is 5.88 Å². The van der Waals surface area contributed by atoms with Crippen molar-refractivity contribution in [3.8, 4) is 5.88 Å². The summed E-state index contributed by atoms with van der Waals surface area (Å²) < 4.78 is 5.13. The van der Waals surface area contributed by atoms with Crippen LogP contribution in [-0.4, -0.2) is 17.1 Å². The van der Waals surface area contributed by atoms with E-state index in [4.69, 9.17) is 4.74 Å². The lowest BCUT2D eigenvalue weighted by Crippen LogP contribution is -2.05. The van der Waals surface area contributed by atoms with Crippen LogP contribution in [0.4, 0.5) is 5.95 Å². The number of nitrogens with zero attached hydrogens (tertiary/aromatic N) is 2. The van der Waals surface area contributed by atoms with Crippen molar-refractivity contribution >= 4 is 17.3 Å². The van der Waals surface area contributed by atoms with Gasteiger partial charge in [0.1, 0.15) is 0 Å². The first kappa shape index (κ1) is 12.8. The maximum Gasteiger partial charge on any atom is 0.226 e. The molecule has 0 spiro atoms. The van der Waals surface area contributed by atoms with Crippen molar-refractivity contribution in [2.75, 3.05) is 12.4 Å². The highest BCUT2D eigenvalue weighted by molar-refractivity contribution is 7.10. The summed E-state index contributed by atoms with van der Waals surface area (Å²) in [6.07, 6.45) is 1.05. The number of anilines is 1. The zero-order chi connectivity index (χ0) is 13.0. The molecular formula is C13H17N3OS. The molecule has 2 aromatic heterocycles. The Bertz CT molecular complexity index is 525. The number of rotatable bonds is 5. The molecule has 18 heavy (non-hydrogen) atoms. The highest BCUT2D eigenvalue weighted by Gasteiger charge is 2.05. The molecule has 1 N–H and O–H groups in total. The van der Waals surface area contributed by atoms with E-state index in [2.05, 4.69) is 33.7 Å². The summed E-state index contributed by atoms with van der Waals surface area (Å²) in [6, 6.07) is 3.98. The van der Waals surface area contributed by atoms with Gasteiger partial charge in [0.2, 0.25) is 11.8 Å². The molecule has 0 amide bonds. The van der Waals surface area contributed by atoms with Gasteiger partial charge in [-0.1, -0.05) is 6.92 Å². The summed E-state index contributed by atoms with van der Waals surface area (Å²) in [6.45, 7) is 4.85. The third-order valence-corrected chi connectivity index (χ3v) is 3.63. The van der Waals surface area contributed by atoms with Crippen LogP contribution in [0.25, 0.3) is 0 Å². The standard InChI is InChI=1S/C13H17N3OS/c1-4-10-5-6-18-11(10)8-14-13-15-9(2)7-12(16-13)17-3/h5-7H,4,8H2,1-3H3,(H,14,15,16). The summed E-state index contributed by atoms with van der Waals surface area (Å²) in [5.74, 6) is 1.20. The van der Waals surface area contributed by atoms with Crippen LogP contribution < -0.4 is 10.1 Å². The lowest BCUT2D eigenvalue weighted by Gasteiger charge is -2.07. The van der Waals surface area contributed by atoms with Gasteiger partial charge in [0, 0.05) is 16.6 Å². The number of ether oxygens (including phenoxy) is 1. The molecule has 0 saturated heterocycles. The van der Waals surface area contributed by atoms with Crippen molar-refractivity contribution in [2.45, 2.75) is 26.8 Å². The molecule has 0 aliphatic heterocycles. The predicted octanol–water partition coefficient (Wildman–Crippen LogP) is 3.03. The van der Waals surface area contributed by atoms with E-state index in [0.29, 0.717) is 11.8 Å². The van der Waals surface area contributed by atoms with Gasteiger partial charge < -0.3 is 10.1 Å². The van der Waals surface area contributed by atoms with Crippen molar-refractivity contribution in [3.63, 3.8) is 0 Å². The number of aromatic nitrogens is 2. The fraction of sp³-hybridized carbons (Fsp3) is 0.385. The molecule has 0 aliphatic carbocycles. The van der Waals surface area contributed by atoms with E-state index in [9.17, 15) is 0 Å². The van der Waals surface area contributed by atoms with Crippen LogP contribution in [0, 0.1) is 6.92 Å². The van der Waals surface area contributed by atoms with Crippen LogP contribution in [0.15, 0.2) is 17.5 Å². The van der Waals surface area contributed by atoms with Gasteiger partial charge in [0.25, 0.3) is 0 Å². The molecule has 5 heteroatoms. The van der Waals surface area contributed by atoms with E-state index in [1.165, 1.54) is 10.4 Å². The maximum atomic E-state index is 5.13. The van der Waals surface area contributed by atoms with Gasteiger partial charge in [-0.2, -0.15) is 4.98 Å². The first-order chi connectivity index (χ1) is 8.72. The minimum atomic E-state index is 0.590. The van der Waals surface area contributed by atoms with Gasteiger partial charge in [-0.3, -0.25) is 0 Å². The van der Waals surface area contributed by atoms with E-state index in [-0.39, 0.29) is 0 Å². The maximum absolute atomic E-state index is 5.13. The summed E-state index contributed by atoms with van der Waals surface area (Å²) in [4.78, 5) is 9.94. The quantitative estimate of drug-likeness (QED) is 0.900. The van der Waals surface area contributed by atoms with Gasteiger partial charge in [0.05, 0.1) is 13.7 Å². The smallest absolute Gasteiger partial charge is 0.226 e. The molecule has 0 fully saturated rings. The number of hydrogen-bond donors (Lipinski definition) is 1. The summed E-state index contributed by atoms with van der Waals surface area (Å²) in [5, 5.41) is 5.36. The van der Waals surface area contributed by atoms with Gasteiger partial charge in [0.15, 0.2) is 0 Å². The Morgan fingerprint density at radius 3 is 2.94 bits per heavy atom. The van der Waals surface area contributed by atoms with E-state index in [0.717, 1.165) is 18.7 Å². The van der Waals surface area contributed by atoms with Crippen molar-refractivity contribution in [1.82, 2.24) is 9.97 Å². The second-order valence-electron chi connectivity index (χ2n) is 3.95. The Balaban J connectivity index is 2.08. The lowest BCUT2D eigenvalue weighted by molar-refractivity contribution is 0.397. The molecule has 0 saturated carbocycles. The summed E-state index contributed by atoms with van der Waals surface area (Å²) in [7, 11) is 1.61. The van der Waals surface area contributed by atoms with E-state index < -0.39 is 0 Å². The third-order valence-electron chi connectivity index (χ3n) is 2.67. The van der Waals surface area contributed by atoms with Gasteiger partial charge in [-0.05, 0) is 30.4 Å². The zero-order valence-corrected chi connectivity index (χ0v) is 11.7. The van der Waals surface area contributed by atoms with E-state index in [1.54, 1.807) is 18.4 Å². The minimum Gasteiger partial charge on any atom is -0.481 e. The van der Waals surface area contributed by atoms with Gasteiger partial charge in [-0.15, -0.1) is 11.3 Å². The van der Waals surface area contributed by atoms with Crippen molar-refractivity contribution in [1.29, 1.82) is 0 Å². The molecule has 2 rings (SSSR count). The average Bonchev–Trinajstić information content (AvgIpc) is 2.83. The number of aryl methyl sites for hydroxylation is 2. The van der Waals surface area contributed by atoms with Crippen LogP contribution in [0.3, 0.4) is 0 Å². The Hall–Kier alpha value is -1.62. The van der Waals surface area contributed by atoms with Crippen LogP contribution in [-0.2, 0) is 13.0 Å². The predicted molar refractivity (Wildman–Crippen MR) is 74.3 cm³/mol. The Morgan fingerprint density at radius 1 is 1.39 bits per heavy atom. The summed E-state index contributed by atoms with van der Waals surface area (Å²) >= 11 is 1.76. The number of thiophene rings is 1. The molecule has 0 aromatic carbocycles. The molecule has 2 heterocycles. The molecule has 0 unspecified atom stereocenters. The fourth-order valence-corrected chi connectivity index (χ4v) is 2.64. The zero-order valence-electron chi connectivity index (χ0n) is 10.9. The first-order valence-electron chi connectivity index (χ1n) is 5.91. The van der Waals surface area contributed by atoms with Gasteiger partial charge in [-0.25, -0.2) is 4.98 Å². The second-order valence-corrected chi connectivity index (χ2v) is 4.95. The number of nitrogens with one attached hydrogen (secondary N) is 1. The molecule has 4 nitrogen and oxygen atoms in total. The van der Waals surface area contributed by atoms with Crippen LogP contribution in [0.2, 0.25) is 0 Å². The highest BCUT2D eigenvalue weighted by Crippen LogP contribution is 2.19. The topological polar surface area (TPSA) is 47.0 Å². The number of hydrogen-bond acceptors (Lipinski definition) is 5. The Labute approximate surface area is 111 Å². The molecule has 0 bridgehead atoms.